The molecule has 0 aliphatic carbocycles. The molecule has 2 nitrogen and oxygen atoms in total. The summed E-state index contributed by atoms with van der Waals surface area (Å²) in [5.74, 6) is -0.511. The van der Waals surface area contributed by atoms with Crippen molar-refractivity contribution >= 4 is 40.5 Å². The van der Waals surface area contributed by atoms with Crippen molar-refractivity contribution in [1.82, 2.24) is 0 Å². The smallest absolute Gasteiger partial charge is 0.0977 e. The van der Waals surface area contributed by atoms with E-state index in [9.17, 15) is 5.26 Å². The van der Waals surface area contributed by atoms with E-state index < -0.39 is 5.92 Å². The highest BCUT2D eigenvalue weighted by Crippen LogP contribution is 2.35. The zero-order valence-corrected chi connectivity index (χ0v) is 12.0. The normalized spacial score (nSPS) is 11.9. The Bertz CT molecular complexity index is 645. The Labute approximate surface area is 126 Å². The van der Waals surface area contributed by atoms with Crippen LogP contribution in [0.15, 0.2) is 36.4 Å². The van der Waals surface area contributed by atoms with Crippen molar-refractivity contribution in [2.75, 3.05) is 5.73 Å². The third kappa shape index (κ3) is 2.96. The van der Waals surface area contributed by atoms with Crippen molar-refractivity contribution in [3.8, 4) is 6.07 Å². The van der Waals surface area contributed by atoms with Gasteiger partial charge in [-0.15, -0.1) is 0 Å². The standard InChI is InChI=1S/C14H9Cl3N2/c15-9-3-1-8(2-4-9)11(7-18)10-5-13(17)14(19)6-12(10)16/h1-6,11H,19H2. The number of hydrogen-bond donors (Lipinski definition) is 1. The third-order valence-electron chi connectivity index (χ3n) is 2.76. The first kappa shape index (κ1) is 14.0. The molecule has 0 heterocycles. The van der Waals surface area contributed by atoms with Gasteiger partial charge in [0.05, 0.1) is 22.7 Å². The van der Waals surface area contributed by atoms with Gasteiger partial charge in [0, 0.05) is 10.0 Å². The van der Waals surface area contributed by atoms with E-state index in [1.54, 1.807) is 36.4 Å². The number of rotatable bonds is 2. The molecule has 0 spiro atoms. The molecule has 96 valence electrons. The van der Waals surface area contributed by atoms with Crippen LogP contribution in [0.2, 0.25) is 15.1 Å². The molecular weight excluding hydrogens is 303 g/mol. The van der Waals surface area contributed by atoms with Crippen LogP contribution in [-0.4, -0.2) is 0 Å². The van der Waals surface area contributed by atoms with Crippen LogP contribution in [0.3, 0.4) is 0 Å². The fraction of sp³-hybridized carbons (Fsp3) is 0.0714. The molecule has 0 fully saturated rings. The molecule has 0 radical (unpaired) electrons. The molecule has 0 bridgehead atoms. The summed E-state index contributed by atoms with van der Waals surface area (Å²) in [4.78, 5) is 0. The number of nitrogens with two attached hydrogens (primary N) is 1. The number of halogens is 3. The van der Waals surface area contributed by atoms with Crippen molar-refractivity contribution < 1.29 is 0 Å². The molecule has 19 heavy (non-hydrogen) atoms. The predicted octanol–water partition coefficient (Wildman–Crippen LogP) is 4.88. The maximum atomic E-state index is 9.37. The van der Waals surface area contributed by atoms with Gasteiger partial charge in [0.25, 0.3) is 0 Å². The van der Waals surface area contributed by atoms with E-state index in [2.05, 4.69) is 6.07 Å². The summed E-state index contributed by atoms with van der Waals surface area (Å²) in [6.45, 7) is 0. The summed E-state index contributed by atoms with van der Waals surface area (Å²) >= 11 is 18.0. The summed E-state index contributed by atoms with van der Waals surface area (Å²) < 4.78 is 0. The molecule has 0 aromatic heterocycles. The zero-order valence-electron chi connectivity index (χ0n) is 9.70. The van der Waals surface area contributed by atoms with Crippen molar-refractivity contribution in [3.05, 3.63) is 62.6 Å². The molecule has 1 unspecified atom stereocenters. The summed E-state index contributed by atoms with van der Waals surface area (Å²) in [6, 6.07) is 12.4. The first-order valence-electron chi connectivity index (χ1n) is 5.42. The monoisotopic (exact) mass is 310 g/mol. The van der Waals surface area contributed by atoms with E-state index in [0.29, 0.717) is 26.3 Å². The van der Waals surface area contributed by atoms with Gasteiger partial charge in [-0.25, -0.2) is 0 Å². The predicted molar refractivity (Wildman–Crippen MR) is 79.8 cm³/mol. The van der Waals surface area contributed by atoms with E-state index in [-0.39, 0.29) is 0 Å². The Morgan fingerprint density at radius 2 is 1.63 bits per heavy atom. The van der Waals surface area contributed by atoms with Gasteiger partial charge in [-0.05, 0) is 35.4 Å². The molecule has 1 atom stereocenters. The van der Waals surface area contributed by atoms with Gasteiger partial charge >= 0.3 is 0 Å². The Balaban J connectivity index is 2.52. The summed E-state index contributed by atoms with van der Waals surface area (Å²) in [5, 5.41) is 10.8. The fourth-order valence-corrected chi connectivity index (χ4v) is 2.36. The van der Waals surface area contributed by atoms with E-state index >= 15 is 0 Å². The van der Waals surface area contributed by atoms with Gasteiger partial charge in [0.2, 0.25) is 0 Å². The maximum absolute atomic E-state index is 9.37. The molecule has 2 rings (SSSR count). The van der Waals surface area contributed by atoms with E-state index in [4.69, 9.17) is 40.5 Å². The summed E-state index contributed by atoms with van der Waals surface area (Å²) in [6.07, 6.45) is 0. The second-order valence-electron chi connectivity index (χ2n) is 4.01. The Morgan fingerprint density at radius 1 is 1.00 bits per heavy atom. The van der Waals surface area contributed by atoms with Crippen molar-refractivity contribution in [2.45, 2.75) is 5.92 Å². The Kier molecular flexibility index (Phi) is 4.21. The van der Waals surface area contributed by atoms with Crippen molar-refractivity contribution in [1.29, 1.82) is 5.26 Å². The van der Waals surface area contributed by atoms with Crippen LogP contribution < -0.4 is 5.73 Å². The number of hydrogen-bond acceptors (Lipinski definition) is 2. The molecule has 0 amide bonds. The largest absolute Gasteiger partial charge is 0.397 e. The second-order valence-corrected chi connectivity index (χ2v) is 5.26. The number of nitrogens with zero attached hydrogens (tertiary/aromatic N) is 1. The number of anilines is 1. The SMILES string of the molecule is N#CC(c1ccc(Cl)cc1)c1cc(Cl)c(N)cc1Cl. The van der Waals surface area contributed by atoms with Gasteiger partial charge in [0.15, 0.2) is 0 Å². The first-order valence-corrected chi connectivity index (χ1v) is 6.56. The maximum Gasteiger partial charge on any atom is 0.0977 e. The minimum absolute atomic E-state index is 0.383. The average Bonchev–Trinajstić information content (AvgIpc) is 2.38. The molecule has 0 aliphatic heterocycles. The minimum atomic E-state index is -0.511. The van der Waals surface area contributed by atoms with Crippen LogP contribution in [-0.2, 0) is 0 Å². The van der Waals surface area contributed by atoms with Crippen LogP contribution >= 0.6 is 34.8 Å². The van der Waals surface area contributed by atoms with Gasteiger partial charge in [-0.1, -0.05) is 46.9 Å². The number of nitrogen functional groups attached to an aromatic ring is 1. The lowest BCUT2D eigenvalue weighted by Crippen LogP contribution is -2.00. The lowest BCUT2D eigenvalue weighted by atomic mass is 9.92. The highest BCUT2D eigenvalue weighted by Gasteiger charge is 2.18. The molecule has 2 aromatic carbocycles. The van der Waals surface area contributed by atoms with E-state index in [1.165, 1.54) is 0 Å². The lowest BCUT2D eigenvalue weighted by Gasteiger charge is -2.13. The van der Waals surface area contributed by atoms with Crippen molar-refractivity contribution in [2.24, 2.45) is 0 Å². The van der Waals surface area contributed by atoms with Crippen LogP contribution in [0.4, 0.5) is 5.69 Å². The summed E-state index contributed by atoms with van der Waals surface area (Å²) in [5.41, 5.74) is 7.50. The van der Waals surface area contributed by atoms with Gasteiger partial charge in [-0.2, -0.15) is 5.26 Å². The molecule has 2 N–H and O–H groups in total. The van der Waals surface area contributed by atoms with Gasteiger partial charge in [-0.3, -0.25) is 0 Å². The number of benzene rings is 2. The van der Waals surface area contributed by atoms with Crippen LogP contribution in [0, 0.1) is 11.3 Å². The van der Waals surface area contributed by atoms with Crippen LogP contribution in [0.1, 0.15) is 17.0 Å². The zero-order chi connectivity index (χ0) is 14.0. The lowest BCUT2D eigenvalue weighted by molar-refractivity contribution is 1.04. The molecule has 0 aliphatic rings. The van der Waals surface area contributed by atoms with Crippen LogP contribution in [0.5, 0.6) is 0 Å². The fourth-order valence-electron chi connectivity index (χ4n) is 1.78. The van der Waals surface area contributed by atoms with Crippen LogP contribution in [0.25, 0.3) is 0 Å². The molecule has 0 saturated carbocycles. The summed E-state index contributed by atoms with van der Waals surface area (Å²) in [7, 11) is 0. The Hall–Kier alpha value is -1.40. The van der Waals surface area contributed by atoms with Gasteiger partial charge < -0.3 is 5.73 Å². The van der Waals surface area contributed by atoms with Crippen molar-refractivity contribution in [3.63, 3.8) is 0 Å². The average molecular weight is 312 g/mol. The van der Waals surface area contributed by atoms with E-state index in [0.717, 1.165) is 5.56 Å². The van der Waals surface area contributed by atoms with Gasteiger partial charge in [0.1, 0.15) is 0 Å². The topological polar surface area (TPSA) is 49.8 Å². The quantitative estimate of drug-likeness (QED) is 0.803. The molecule has 2 aromatic rings. The Morgan fingerprint density at radius 3 is 2.21 bits per heavy atom. The minimum Gasteiger partial charge on any atom is -0.397 e. The second kappa shape index (κ2) is 5.71. The highest BCUT2D eigenvalue weighted by molar-refractivity contribution is 6.35. The molecule has 0 saturated heterocycles. The highest BCUT2D eigenvalue weighted by atomic mass is 35.5. The molecular formula is C14H9Cl3N2. The first-order chi connectivity index (χ1) is 9.02. The van der Waals surface area contributed by atoms with E-state index in [1.807, 2.05) is 0 Å². The third-order valence-corrected chi connectivity index (χ3v) is 3.67. The number of nitriles is 1. The molecule has 5 heteroatoms.